The molecule has 5 heteroatoms. The Balaban J connectivity index is 2.18. The molecule has 2 unspecified atom stereocenters. The van der Waals surface area contributed by atoms with Crippen LogP contribution < -0.4 is 5.73 Å². The minimum absolute atomic E-state index is 0.347. The van der Waals surface area contributed by atoms with Crippen molar-refractivity contribution in [2.45, 2.75) is 32.4 Å². The molecule has 2 atom stereocenters. The summed E-state index contributed by atoms with van der Waals surface area (Å²) < 4.78 is 7.30. The minimum atomic E-state index is -0.590. The average molecular weight is 239 g/mol. The van der Waals surface area contributed by atoms with Gasteiger partial charge in [0.15, 0.2) is 0 Å². The maximum atomic E-state index is 10.5. The van der Waals surface area contributed by atoms with E-state index in [9.17, 15) is 5.11 Å². The molecule has 1 fully saturated rings. The van der Waals surface area contributed by atoms with Crippen LogP contribution in [0.4, 0.5) is 0 Å². The predicted molar refractivity (Wildman–Crippen MR) is 64.4 cm³/mol. The van der Waals surface area contributed by atoms with Gasteiger partial charge in [0.1, 0.15) is 0 Å². The van der Waals surface area contributed by atoms with Crippen LogP contribution in [0.25, 0.3) is 0 Å². The zero-order chi connectivity index (χ0) is 12.3. The van der Waals surface area contributed by atoms with E-state index in [1.165, 1.54) is 0 Å². The lowest BCUT2D eigenvalue weighted by Gasteiger charge is -2.39. The summed E-state index contributed by atoms with van der Waals surface area (Å²) >= 11 is 0. The monoisotopic (exact) mass is 239 g/mol. The van der Waals surface area contributed by atoms with Gasteiger partial charge in [0.05, 0.1) is 18.9 Å². The molecule has 0 aromatic carbocycles. The topological polar surface area (TPSA) is 73.3 Å². The van der Waals surface area contributed by atoms with Gasteiger partial charge >= 0.3 is 0 Å². The normalized spacial score (nSPS) is 27.0. The van der Waals surface area contributed by atoms with E-state index in [2.05, 4.69) is 5.10 Å². The standard InChI is InChI=1S/C12H21N3O2/c1-2-15-7-10(6-14-15)11(16)12(8-13)4-3-5-17-9-12/h6-7,11,16H,2-5,8-9,13H2,1H3. The van der Waals surface area contributed by atoms with Crippen molar-refractivity contribution in [1.29, 1.82) is 0 Å². The van der Waals surface area contributed by atoms with Crippen LogP contribution in [0, 0.1) is 5.41 Å². The Labute approximate surface area is 102 Å². The van der Waals surface area contributed by atoms with Gasteiger partial charge in [-0.3, -0.25) is 4.68 Å². The first kappa shape index (κ1) is 12.5. The van der Waals surface area contributed by atoms with E-state index < -0.39 is 6.10 Å². The van der Waals surface area contributed by atoms with Gasteiger partial charge < -0.3 is 15.6 Å². The highest BCUT2D eigenvalue weighted by atomic mass is 16.5. The number of rotatable bonds is 4. The maximum absolute atomic E-state index is 10.5. The first-order chi connectivity index (χ1) is 8.22. The molecule has 0 saturated carbocycles. The van der Waals surface area contributed by atoms with E-state index in [-0.39, 0.29) is 5.41 Å². The third kappa shape index (κ3) is 2.36. The molecule has 17 heavy (non-hydrogen) atoms. The van der Waals surface area contributed by atoms with Gasteiger partial charge in [-0.25, -0.2) is 0 Å². The molecule has 3 N–H and O–H groups in total. The summed E-state index contributed by atoms with van der Waals surface area (Å²) in [5.41, 5.74) is 6.34. The number of aliphatic hydroxyl groups excluding tert-OH is 1. The van der Waals surface area contributed by atoms with E-state index in [1.807, 2.05) is 17.8 Å². The second kappa shape index (κ2) is 5.16. The SMILES string of the molecule is CCn1cc(C(O)C2(CN)CCCOC2)cn1. The molecule has 1 aliphatic heterocycles. The lowest BCUT2D eigenvalue weighted by Crippen LogP contribution is -2.43. The number of aromatic nitrogens is 2. The van der Waals surface area contributed by atoms with Crippen molar-refractivity contribution in [3.05, 3.63) is 18.0 Å². The summed E-state index contributed by atoms with van der Waals surface area (Å²) in [5.74, 6) is 0. The zero-order valence-electron chi connectivity index (χ0n) is 10.3. The van der Waals surface area contributed by atoms with Crippen molar-refractivity contribution in [2.24, 2.45) is 11.1 Å². The summed E-state index contributed by atoms with van der Waals surface area (Å²) in [5, 5.41) is 14.7. The van der Waals surface area contributed by atoms with Crippen LogP contribution in [0.3, 0.4) is 0 Å². The van der Waals surface area contributed by atoms with Crippen molar-refractivity contribution < 1.29 is 9.84 Å². The van der Waals surface area contributed by atoms with E-state index in [0.29, 0.717) is 13.2 Å². The van der Waals surface area contributed by atoms with Crippen LogP contribution >= 0.6 is 0 Å². The summed E-state index contributed by atoms with van der Waals surface area (Å²) in [6, 6.07) is 0. The number of hydrogen-bond acceptors (Lipinski definition) is 4. The number of hydrogen-bond donors (Lipinski definition) is 2. The Kier molecular flexibility index (Phi) is 3.81. The molecular weight excluding hydrogens is 218 g/mol. The largest absolute Gasteiger partial charge is 0.388 e. The molecule has 1 saturated heterocycles. The van der Waals surface area contributed by atoms with Crippen LogP contribution in [0.5, 0.6) is 0 Å². The highest BCUT2D eigenvalue weighted by Crippen LogP contribution is 2.39. The van der Waals surface area contributed by atoms with Crippen molar-refractivity contribution in [3.8, 4) is 0 Å². The van der Waals surface area contributed by atoms with Crippen LogP contribution in [0.15, 0.2) is 12.4 Å². The number of ether oxygens (including phenoxy) is 1. The van der Waals surface area contributed by atoms with E-state index in [4.69, 9.17) is 10.5 Å². The van der Waals surface area contributed by atoms with Crippen LogP contribution in [0.2, 0.25) is 0 Å². The molecule has 0 radical (unpaired) electrons. The smallest absolute Gasteiger partial charge is 0.0910 e. The Morgan fingerprint density at radius 1 is 1.71 bits per heavy atom. The van der Waals surface area contributed by atoms with Crippen molar-refractivity contribution in [3.63, 3.8) is 0 Å². The highest BCUT2D eigenvalue weighted by Gasteiger charge is 2.40. The van der Waals surface area contributed by atoms with Gasteiger partial charge in [-0.1, -0.05) is 0 Å². The first-order valence-corrected chi connectivity index (χ1v) is 6.20. The van der Waals surface area contributed by atoms with Gasteiger partial charge in [0.25, 0.3) is 0 Å². The summed E-state index contributed by atoms with van der Waals surface area (Å²) in [6.07, 6.45) is 4.88. The van der Waals surface area contributed by atoms with Crippen molar-refractivity contribution in [2.75, 3.05) is 19.8 Å². The number of nitrogens with two attached hydrogens (primary N) is 1. The molecule has 96 valence electrons. The number of nitrogens with zero attached hydrogens (tertiary/aromatic N) is 2. The van der Waals surface area contributed by atoms with Gasteiger partial charge in [0, 0.05) is 36.9 Å². The first-order valence-electron chi connectivity index (χ1n) is 6.20. The second-order valence-corrected chi connectivity index (χ2v) is 4.75. The van der Waals surface area contributed by atoms with Gasteiger partial charge in [-0.15, -0.1) is 0 Å². The average Bonchev–Trinajstić information content (AvgIpc) is 2.87. The highest BCUT2D eigenvalue weighted by molar-refractivity contribution is 5.13. The molecule has 0 spiro atoms. The lowest BCUT2D eigenvalue weighted by atomic mass is 9.75. The molecule has 2 rings (SSSR count). The molecule has 1 aromatic rings. The molecule has 0 amide bonds. The molecule has 0 aliphatic carbocycles. The van der Waals surface area contributed by atoms with Gasteiger partial charge in [-0.05, 0) is 19.8 Å². The zero-order valence-corrected chi connectivity index (χ0v) is 10.3. The van der Waals surface area contributed by atoms with E-state index in [0.717, 1.165) is 31.6 Å². The third-order valence-corrected chi connectivity index (χ3v) is 3.63. The molecule has 0 bridgehead atoms. The Morgan fingerprint density at radius 3 is 3.06 bits per heavy atom. The molecule has 1 aliphatic rings. The van der Waals surface area contributed by atoms with E-state index >= 15 is 0 Å². The summed E-state index contributed by atoms with van der Waals surface area (Å²) in [6.45, 7) is 4.56. The van der Waals surface area contributed by atoms with Gasteiger partial charge in [0.2, 0.25) is 0 Å². The van der Waals surface area contributed by atoms with Gasteiger partial charge in [-0.2, -0.15) is 5.10 Å². The van der Waals surface area contributed by atoms with Crippen LogP contribution in [-0.4, -0.2) is 34.6 Å². The van der Waals surface area contributed by atoms with Crippen LogP contribution in [0.1, 0.15) is 31.4 Å². The Morgan fingerprint density at radius 2 is 2.53 bits per heavy atom. The fourth-order valence-corrected chi connectivity index (χ4v) is 2.41. The fourth-order valence-electron chi connectivity index (χ4n) is 2.41. The molecule has 2 heterocycles. The molecular formula is C12H21N3O2. The minimum Gasteiger partial charge on any atom is -0.388 e. The Hall–Kier alpha value is -0.910. The molecule has 1 aromatic heterocycles. The van der Waals surface area contributed by atoms with E-state index in [1.54, 1.807) is 6.20 Å². The summed E-state index contributed by atoms with van der Waals surface area (Å²) in [7, 11) is 0. The fraction of sp³-hybridized carbons (Fsp3) is 0.750. The summed E-state index contributed by atoms with van der Waals surface area (Å²) in [4.78, 5) is 0. The lowest BCUT2D eigenvalue weighted by molar-refractivity contribution is -0.0782. The predicted octanol–water partition coefficient (Wildman–Crippen LogP) is 0.692. The Bertz CT molecular complexity index is 358. The van der Waals surface area contributed by atoms with Crippen LogP contribution in [-0.2, 0) is 11.3 Å². The second-order valence-electron chi connectivity index (χ2n) is 4.75. The molecule has 5 nitrogen and oxygen atoms in total. The third-order valence-electron chi connectivity index (χ3n) is 3.63. The number of aryl methyl sites for hydroxylation is 1. The quantitative estimate of drug-likeness (QED) is 0.811. The van der Waals surface area contributed by atoms with Crippen molar-refractivity contribution in [1.82, 2.24) is 9.78 Å². The number of aliphatic hydroxyl groups is 1. The maximum Gasteiger partial charge on any atom is 0.0910 e. The van der Waals surface area contributed by atoms with Crippen molar-refractivity contribution >= 4 is 0 Å².